The number of rotatable bonds is 6. The van der Waals surface area contributed by atoms with E-state index < -0.39 is 5.91 Å². The minimum Gasteiger partial charge on any atom is -0.295 e. The minimum absolute atomic E-state index is 0.125. The zero-order valence-electron chi connectivity index (χ0n) is 15.1. The van der Waals surface area contributed by atoms with Gasteiger partial charge in [-0.1, -0.05) is 78.4 Å². The number of aromatic nitrogens is 4. The number of benzene rings is 1. The van der Waals surface area contributed by atoms with Crippen LogP contribution < -0.4 is 5.32 Å². The van der Waals surface area contributed by atoms with Gasteiger partial charge in [-0.05, 0) is 12.5 Å². The molecule has 1 N–H and O–H groups in total. The van der Waals surface area contributed by atoms with Crippen LogP contribution in [-0.2, 0) is 5.75 Å². The summed E-state index contributed by atoms with van der Waals surface area (Å²) in [4.78, 5) is 21.0. The van der Waals surface area contributed by atoms with Crippen LogP contribution >= 0.6 is 34.7 Å². The Morgan fingerprint density at radius 1 is 1.33 bits per heavy atom. The normalized spacial score (nSPS) is 11.0. The number of carbonyl (C=O) groups excluding carboxylic acids is 1. The molecule has 0 aliphatic rings. The number of anilines is 1. The van der Waals surface area contributed by atoms with Crippen LogP contribution in [0.5, 0.6) is 0 Å². The smallest absolute Gasteiger partial charge is 0.277 e. The van der Waals surface area contributed by atoms with Crippen molar-refractivity contribution in [3.63, 3.8) is 0 Å². The Labute approximate surface area is 170 Å². The SMILES string of the molecule is Cc1cccc(CSc2ncc(Cl)c(C(=O)Nc3nnc(C(C)C)s3)n2)c1. The van der Waals surface area contributed by atoms with Crippen LogP contribution in [0.15, 0.2) is 35.6 Å². The summed E-state index contributed by atoms with van der Waals surface area (Å²) in [5.74, 6) is 0.532. The molecule has 2 aromatic heterocycles. The van der Waals surface area contributed by atoms with Crippen molar-refractivity contribution in [2.75, 3.05) is 5.32 Å². The second-order valence-corrected chi connectivity index (χ2v) is 8.54. The summed E-state index contributed by atoms with van der Waals surface area (Å²) in [6.07, 6.45) is 1.45. The van der Waals surface area contributed by atoms with Crippen LogP contribution in [0.2, 0.25) is 5.02 Å². The van der Waals surface area contributed by atoms with Gasteiger partial charge in [0.05, 0.1) is 11.2 Å². The van der Waals surface area contributed by atoms with Gasteiger partial charge in [0.25, 0.3) is 5.91 Å². The van der Waals surface area contributed by atoms with Crippen molar-refractivity contribution >= 4 is 45.7 Å². The molecule has 0 fully saturated rings. The second-order valence-electron chi connectivity index (χ2n) is 6.18. The number of amides is 1. The van der Waals surface area contributed by atoms with Gasteiger partial charge in [0.15, 0.2) is 10.9 Å². The third-order valence-corrected chi connectivity index (χ3v) is 5.89. The summed E-state index contributed by atoms with van der Waals surface area (Å²) >= 11 is 8.91. The first kappa shape index (κ1) is 19.7. The molecule has 0 unspecified atom stereocenters. The molecule has 3 aromatic rings. The van der Waals surface area contributed by atoms with E-state index in [-0.39, 0.29) is 16.6 Å². The Morgan fingerprint density at radius 3 is 2.85 bits per heavy atom. The van der Waals surface area contributed by atoms with E-state index in [0.717, 1.165) is 5.01 Å². The highest BCUT2D eigenvalue weighted by Gasteiger charge is 2.17. The molecule has 9 heteroatoms. The molecule has 6 nitrogen and oxygen atoms in total. The van der Waals surface area contributed by atoms with Gasteiger partial charge in [-0.25, -0.2) is 9.97 Å². The van der Waals surface area contributed by atoms with Gasteiger partial charge in [-0.3, -0.25) is 10.1 Å². The van der Waals surface area contributed by atoms with Gasteiger partial charge < -0.3 is 0 Å². The first-order valence-corrected chi connectivity index (χ1v) is 10.5. The van der Waals surface area contributed by atoms with E-state index in [0.29, 0.717) is 16.0 Å². The first-order chi connectivity index (χ1) is 12.9. The first-order valence-electron chi connectivity index (χ1n) is 8.28. The maximum absolute atomic E-state index is 12.5. The van der Waals surface area contributed by atoms with Crippen molar-refractivity contribution < 1.29 is 4.79 Å². The van der Waals surface area contributed by atoms with E-state index in [9.17, 15) is 4.79 Å². The standard InChI is InChI=1S/C18H18ClN5OS2/c1-10(2)16-23-24-18(27-16)22-15(25)14-13(19)8-20-17(21-14)26-9-12-6-4-5-11(3)7-12/h4-8,10H,9H2,1-3H3,(H,22,24,25). The van der Waals surface area contributed by atoms with Crippen molar-refractivity contribution in [1.29, 1.82) is 0 Å². The summed E-state index contributed by atoms with van der Waals surface area (Å²) in [5, 5.41) is 12.7. The Bertz CT molecular complexity index is 960. The molecule has 0 radical (unpaired) electrons. The van der Waals surface area contributed by atoms with Crippen molar-refractivity contribution in [3.8, 4) is 0 Å². The van der Waals surface area contributed by atoms with Gasteiger partial charge in [-0.15, -0.1) is 10.2 Å². The van der Waals surface area contributed by atoms with Crippen LogP contribution in [0, 0.1) is 6.92 Å². The van der Waals surface area contributed by atoms with Crippen LogP contribution in [0.25, 0.3) is 0 Å². The highest BCUT2D eigenvalue weighted by Crippen LogP contribution is 2.25. The third-order valence-electron chi connectivity index (χ3n) is 3.54. The molecule has 1 aromatic carbocycles. The zero-order valence-corrected chi connectivity index (χ0v) is 17.5. The number of hydrogen-bond acceptors (Lipinski definition) is 7. The largest absolute Gasteiger partial charge is 0.295 e. The van der Waals surface area contributed by atoms with Crippen LogP contribution in [0.3, 0.4) is 0 Å². The minimum atomic E-state index is -0.425. The van der Waals surface area contributed by atoms with Crippen LogP contribution in [0.1, 0.15) is 46.4 Å². The summed E-state index contributed by atoms with van der Waals surface area (Å²) in [6, 6.07) is 8.22. The maximum atomic E-state index is 12.5. The summed E-state index contributed by atoms with van der Waals surface area (Å²) in [5.41, 5.74) is 2.49. The molecule has 27 heavy (non-hydrogen) atoms. The number of nitrogens with one attached hydrogen (secondary N) is 1. The van der Waals surface area contributed by atoms with Crippen molar-refractivity contribution in [2.24, 2.45) is 0 Å². The number of nitrogens with zero attached hydrogens (tertiary/aromatic N) is 4. The van der Waals surface area contributed by atoms with Crippen molar-refractivity contribution in [3.05, 3.63) is 57.3 Å². The Morgan fingerprint density at radius 2 is 2.15 bits per heavy atom. The fourth-order valence-electron chi connectivity index (χ4n) is 2.20. The van der Waals surface area contributed by atoms with Crippen molar-refractivity contribution in [2.45, 2.75) is 37.6 Å². The molecule has 0 atom stereocenters. The van der Waals surface area contributed by atoms with Gasteiger partial charge in [0.1, 0.15) is 5.01 Å². The lowest BCUT2D eigenvalue weighted by Crippen LogP contribution is -2.15. The number of thioether (sulfide) groups is 1. The highest BCUT2D eigenvalue weighted by molar-refractivity contribution is 7.98. The van der Waals surface area contributed by atoms with E-state index >= 15 is 0 Å². The topological polar surface area (TPSA) is 80.7 Å². The number of hydrogen-bond donors (Lipinski definition) is 1. The molecular formula is C18H18ClN5OS2. The molecule has 1 amide bonds. The molecule has 2 heterocycles. The second kappa shape index (κ2) is 8.77. The Kier molecular flexibility index (Phi) is 6.41. The van der Waals surface area contributed by atoms with E-state index in [2.05, 4.69) is 31.5 Å². The van der Waals surface area contributed by atoms with E-state index in [1.54, 1.807) is 0 Å². The maximum Gasteiger partial charge on any atom is 0.277 e. The third kappa shape index (κ3) is 5.24. The fourth-order valence-corrected chi connectivity index (χ4v) is 3.88. The van der Waals surface area contributed by atoms with E-state index in [4.69, 9.17) is 11.6 Å². The van der Waals surface area contributed by atoms with E-state index in [1.165, 1.54) is 40.4 Å². The lowest BCUT2D eigenvalue weighted by atomic mass is 10.2. The average molecular weight is 420 g/mol. The van der Waals surface area contributed by atoms with Gasteiger partial charge in [0.2, 0.25) is 5.13 Å². The Balaban J connectivity index is 1.71. The number of halogens is 1. The number of aryl methyl sites for hydroxylation is 1. The number of carbonyl (C=O) groups is 1. The van der Waals surface area contributed by atoms with Gasteiger partial charge in [0, 0.05) is 11.7 Å². The lowest BCUT2D eigenvalue weighted by Gasteiger charge is -2.06. The predicted molar refractivity (Wildman–Crippen MR) is 110 cm³/mol. The molecule has 0 bridgehead atoms. The summed E-state index contributed by atoms with van der Waals surface area (Å²) < 4.78 is 0. The van der Waals surface area contributed by atoms with E-state index in [1.807, 2.05) is 39.0 Å². The molecule has 0 saturated heterocycles. The quantitative estimate of drug-likeness (QED) is 0.449. The summed E-state index contributed by atoms with van der Waals surface area (Å²) in [6.45, 7) is 6.09. The van der Waals surface area contributed by atoms with Crippen molar-refractivity contribution in [1.82, 2.24) is 20.2 Å². The van der Waals surface area contributed by atoms with Gasteiger partial charge >= 0.3 is 0 Å². The van der Waals surface area contributed by atoms with Crippen LogP contribution in [0.4, 0.5) is 5.13 Å². The fraction of sp³-hybridized carbons (Fsp3) is 0.278. The Hall–Kier alpha value is -2.03. The molecule has 3 rings (SSSR count). The highest BCUT2D eigenvalue weighted by atomic mass is 35.5. The molecular weight excluding hydrogens is 402 g/mol. The monoisotopic (exact) mass is 419 g/mol. The summed E-state index contributed by atoms with van der Waals surface area (Å²) in [7, 11) is 0. The lowest BCUT2D eigenvalue weighted by molar-refractivity contribution is 0.102. The van der Waals surface area contributed by atoms with Crippen LogP contribution in [-0.4, -0.2) is 26.1 Å². The molecule has 0 aliphatic carbocycles. The molecule has 0 spiro atoms. The van der Waals surface area contributed by atoms with Gasteiger partial charge in [-0.2, -0.15) is 0 Å². The predicted octanol–water partition coefficient (Wildman–Crippen LogP) is 4.96. The molecule has 0 aliphatic heterocycles. The zero-order chi connectivity index (χ0) is 19.4. The average Bonchev–Trinajstić information content (AvgIpc) is 3.10. The molecule has 140 valence electrons. The molecule has 0 saturated carbocycles.